The molecule has 0 aliphatic rings. The van der Waals surface area contributed by atoms with Gasteiger partial charge >= 0.3 is 6.18 Å². The van der Waals surface area contributed by atoms with Crippen LogP contribution in [-0.2, 0) is 0 Å². The summed E-state index contributed by atoms with van der Waals surface area (Å²) < 4.78 is 45.0. The zero-order valence-electron chi connectivity index (χ0n) is 8.38. The Hall–Kier alpha value is -1.72. The molecule has 88 valence electrons. The van der Waals surface area contributed by atoms with Crippen molar-refractivity contribution in [3.8, 4) is 11.5 Å². The van der Waals surface area contributed by atoms with Crippen molar-refractivity contribution in [2.45, 2.75) is 6.18 Å². The van der Waals surface area contributed by atoms with Crippen molar-refractivity contribution in [1.29, 1.82) is 0 Å². The molecule has 0 aliphatic heterocycles. The molecule has 6 heteroatoms. The van der Waals surface area contributed by atoms with Crippen LogP contribution in [0.25, 0.3) is 0 Å². The molecule has 0 aliphatic carbocycles. The van der Waals surface area contributed by atoms with Crippen LogP contribution in [0.1, 0.15) is 10.4 Å². The number of methoxy groups -OCH3 is 1. The van der Waals surface area contributed by atoms with Gasteiger partial charge in [0.25, 0.3) is 0 Å². The van der Waals surface area contributed by atoms with Crippen molar-refractivity contribution < 1.29 is 27.4 Å². The van der Waals surface area contributed by atoms with E-state index in [9.17, 15) is 18.0 Å². The standard InChI is InChI=1S/C10H9F3O3/c1-15-8-2-3-9(7(4-8)5-14)16-6-10(11,12)13/h2-5H,6H2,1H3. The number of hydrogen-bond acceptors (Lipinski definition) is 3. The minimum Gasteiger partial charge on any atom is -0.497 e. The van der Waals surface area contributed by atoms with E-state index in [1.165, 1.54) is 25.3 Å². The molecule has 1 aromatic rings. The van der Waals surface area contributed by atoms with E-state index in [4.69, 9.17) is 4.74 Å². The third kappa shape index (κ3) is 3.45. The molecule has 0 saturated heterocycles. The molecule has 0 heterocycles. The Morgan fingerprint density at radius 3 is 2.56 bits per heavy atom. The summed E-state index contributed by atoms with van der Waals surface area (Å²) in [6, 6.07) is 3.98. The molecular weight excluding hydrogens is 225 g/mol. The molecule has 16 heavy (non-hydrogen) atoms. The normalized spacial score (nSPS) is 11.0. The SMILES string of the molecule is COc1ccc(OCC(F)(F)F)c(C=O)c1. The molecule has 0 radical (unpaired) electrons. The largest absolute Gasteiger partial charge is 0.497 e. The summed E-state index contributed by atoms with van der Waals surface area (Å²) in [5.41, 5.74) is 0.0172. The Balaban J connectivity index is 2.84. The maximum Gasteiger partial charge on any atom is 0.422 e. The third-order valence-corrected chi connectivity index (χ3v) is 1.74. The molecule has 0 amide bonds. The monoisotopic (exact) mass is 234 g/mol. The van der Waals surface area contributed by atoms with Crippen molar-refractivity contribution in [2.75, 3.05) is 13.7 Å². The number of ether oxygens (including phenoxy) is 2. The van der Waals surface area contributed by atoms with E-state index >= 15 is 0 Å². The molecule has 0 aromatic heterocycles. The maximum atomic E-state index is 11.9. The predicted molar refractivity (Wildman–Crippen MR) is 49.9 cm³/mol. The van der Waals surface area contributed by atoms with Crippen LogP contribution >= 0.6 is 0 Å². The van der Waals surface area contributed by atoms with E-state index < -0.39 is 12.8 Å². The minimum atomic E-state index is -4.43. The molecule has 0 spiro atoms. The van der Waals surface area contributed by atoms with Gasteiger partial charge in [-0.15, -0.1) is 0 Å². The highest BCUT2D eigenvalue weighted by molar-refractivity contribution is 5.80. The summed E-state index contributed by atoms with van der Waals surface area (Å²) in [6.45, 7) is -1.43. The van der Waals surface area contributed by atoms with E-state index in [1.54, 1.807) is 0 Å². The summed E-state index contributed by atoms with van der Waals surface area (Å²) in [5, 5.41) is 0. The van der Waals surface area contributed by atoms with Crippen LogP contribution in [0.2, 0.25) is 0 Å². The van der Waals surface area contributed by atoms with Crippen LogP contribution < -0.4 is 9.47 Å². The first-order chi connectivity index (χ1) is 7.46. The lowest BCUT2D eigenvalue weighted by Crippen LogP contribution is -2.19. The van der Waals surface area contributed by atoms with Crippen LogP contribution in [0.5, 0.6) is 11.5 Å². The average Bonchev–Trinajstić information content (AvgIpc) is 2.25. The highest BCUT2D eigenvalue weighted by atomic mass is 19.4. The molecule has 0 fully saturated rings. The fourth-order valence-corrected chi connectivity index (χ4v) is 1.04. The predicted octanol–water partition coefficient (Wildman–Crippen LogP) is 2.45. The Kier molecular flexibility index (Phi) is 3.76. The highest BCUT2D eigenvalue weighted by Gasteiger charge is 2.28. The van der Waals surface area contributed by atoms with Gasteiger partial charge in [-0.05, 0) is 18.2 Å². The van der Waals surface area contributed by atoms with Gasteiger partial charge in [-0.25, -0.2) is 0 Å². The van der Waals surface area contributed by atoms with E-state index in [2.05, 4.69) is 4.74 Å². The van der Waals surface area contributed by atoms with Crippen LogP contribution in [0.3, 0.4) is 0 Å². The highest BCUT2D eigenvalue weighted by Crippen LogP contribution is 2.24. The van der Waals surface area contributed by atoms with Gasteiger partial charge in [0.1, 0.15) is 11.5 Å². The van der Waals surface area contributed by atoms with Crippen LogP contribution in [0.4, 0.5) is 13.2 Å². The Morgan fingerprint density at radius 1 is 1.38 bits per heavy atom. The number of carbonyl (C=O) groups excluding carboxylic acids is 1. The van der Waals surface area contributed by atoms with Crippen molar-refractivity contribution in [3.63, 3.8) is 0 Å². The zero-order valence-corrected chi connectivity index (χ0v) is 8.38. The number of aldehydes is 1. The van der Waals surface area contributed by atoms with Crippen molar-refractivity contribution in [3.05, 3.63) is 23.8 Å². The maximum absolute atomic E-state index is 11.9. The van der Waals surface area contributed by atoms with Crippen LogP contribution in [0.15, 0.2) is 18.2 Å². The molecular formula is C10H9F3O3. The van der Waals surface area contributed by atoms with Gasteiger partial charge in [-0.2, -0.15) is 13.2 Å². The molecule has 0 saturated carbocycles. The second-order valence-corrected chi connectivity index (χ2v) is 2.93. The molecule has 1 rings (SSSR count). The first-order valence-electron chi connectivity index (χ1n) is 4.29. The van der Waals surface area contributed by atoms with E-state index in [0.717, 1.165) is 0 Å². The zero-order chi connectivity index (χ0) is 12.2. The molecule has 0 atom stereocenters. The Morgan fingerprint density at radius 2 is 2.06 bits per heavy atom. The quantitative estimate of drug-likeness (QED) is 0.750. The second kappa shape index (κ2) is 4.87. The summed E-state index contributed by atoms with van der Waals surface area (Å²) in [6.07, 6.45) is -4.02. The summed E-state index contributed by atoms with van der Waals surface area (Å²) >= 11 is 0. The van der Waals surface area contributed by atoms with E-state index in [1.807, 2.05) is 0 Å². The van der Waals surface area contributed by atoms with Gasteiger partial charge in [0, 0.05) is 0 Å². The molecule has 0 unspecified atom stereocenters. The molecule has 3 nitrogen and oxygen atoms in total. The Labute approximate surface area is 89.8 Å². The third-order valence-electron chi connectivity index (χ3n) is 1.74. The topological polar surface area (TPSA) is 35.5 Å². The first kappa shape index (κ1) is 12.4. The number of rotatable bonds is 4. The lowest BCUT2D eigenvalue weighted by atomic mass is 10.2. The minimum absolute atomic E-state index is 0.0172. The van der Waals surface area contributed by atoms with Gasteiger partial charge < -0.3 is 9.47 Å². The van der Waals surface area contributed by atoms with Gasteiger partial charge in [0.2, 0.25) is 0 Å². The number of halogens is 3. The van der Waals surface area contributed by atoms with Crippen molar-refractivity contribution >= 4 is 6.29 Å². The lowest BCUT2D eigenvalue weighted by molar-refractivity contribution is -0.153. The number of hydrogen-bond donors (Lipinski definition) is 0. The number of carbonyl (C=O) groups is 1. The van der Waals surface area contributed by atoms with Gasteiger partial charge in [-0.3, -0.25) is 4.79 Å². The van der Waals surface area contributed by atoms with Gasteiger partial charge in [0.15, 0.2) is 12.9 Å². The second-order valence-electron chi connectivity index (χ2n) is 2.93. The fraction of sp³-hybridized carbons (Fsp3) is 0.300. The molecule has 1 aromatic carbocycles. The van der Waals surface area contributed by atoms with Crippen molar-refractivity contribution in [2.24, 2.45) is 0 Å². The lowest BCUT2D eigenvalue weighted by Gasteiger charge is -2.11. The molecule has 0 N–H and O–H groups in total. The summed E-state index contributed by atoms with van der Waals surface area (Å²) in [4.78, 5) is 10.6. The molecule has 0 bridgehead atoms. The van der Waals surface area contributed by atoms with Crippen LogP contribution in [-0.4, -0.2) is 26.2 Å². The first-order valence-corrected chi connectivity index (χ1v) is 4.29. The van der Waals surface area contributed by atoms with Gasteiger partial charge in [0.05, 0.1) is 12.7 Å². The van der Waals surface area contributed by atoms with E-state index in [-0.39, 0.29) is 11.3 Å². The van der Waals surface area contributed by atoms with E-state index in [0.29, 0.717) is 12.0 Å². The van der Waals surface area contributed by atoms with Crippen LogP contribution in [0, 0.1) is 0 Å². The summed E-state index contributed by atoms with van der Waals surface area (Å²) in [7, 11) is 1.39. The Bertz CT molecular complexity index is 374. The number of benzene rings is 1. The smallest absolute Gasteiger partial charge is 0.422 e. The fourth-order valence-electron chi connectivity index (χ4n) is 1.04. The number of alkyl halides is 3. The van der Waals surface area contributed by atoms with Crippen molar-refractivity contribution in [1.82, 2.24) is 0 Å². The summed E-state index contributed by atoms with van der Waals surface area (Å²) in [5.74, 6) is 0.259. The van der Waals surface area contributed by atoms with Gasteiger partial charge in [-0.1, -0.05) is 0 Å². The average molecular weight is 234 g/mol.